The molecule has 1 aromatic rings. The van der Waals surface area contributed by atoms with Crippen LogP contribution in [0.5, 0.6) is 0 Å². The minimum atomic E-state index is -0.544. The van der Waals surface area contributed by atoms with Crippen molar-refractivity contribution in [2.75, 3.05) is 0 Å². The van der Waals surface area contributed by atoms with Crippen molar-refractivity contribution in [3.8, 4) is 0 Å². The number of imidazole rings is 1. The van der Waals surface area contributed by atoms with E-state index in [0.717, 1.165) is 0 Å². The van der Waals surface area contributed by atoms with E-state index >= 15 is 0 Å². The molecule has 1 rings (SSSR count). The molecule has 0 aliphatic carbocycles. The Kier molecular flexibility index (Phi) is 2.09. The van der Waals surface area contributed by atoms with E-state index in [1.54, 1.807) is 7.05 Å². The molecule has 1 heterocycles. The summed E-state index contributed by atoms with van der Waals surface area (Å²) in [5.41, 5.74) is 0.427. The number of rotatable bonds is 2. The third kappa shape index (κ3) is 1.32. The molecule has 0 bridgehead atoms. The molecule has 0 saturated carbocycles. The largest absolute Gasteiger partial charge is 0.386 e. The van der Waals surface area contributed by atoms with Crippen molar-refractivity contribution in [3.63, 3.8) is 0 Å². The topological polar surface area (TPSA) is 61.0 Å². The molecule has 0 N–H and O–H groups in total. The number of alkyl halides is 1. The van der Waals surface area contributed by atoms with E-state index in [2.05, 4.69) is 4.98 Å². The van der Waals surface area contributed by atoms with Gasteiger partial charge in [-0.15, -0.1) is 11.6 Å². The van der Waals surface area contributed by atoms with Crippen LogP contribution in [0.4, 0.5) is 5.82 Å². The maximum Gasteiger partial charge on any atom is 0.386 e. The maximum atomic E-state index is 10.3. The van der Waals surface area contributed by atoms with E-state index in [9.17, 15) is 10.1 Å². The first-order chi connectivity index (χ1) is 5.16. The average Bonchev–Trinajstić information content (AvgIpc) is 2.30. The molecular formula is C5H6ClN3O2. The van der Waals surface area contributed by atoms with E-state index in [0.29, 0.717) is 5.69 Å². The molecule has 0 saturated heterocycles. The first kappa shape index (κ1) is 8.00. The number of hydrogen-bond donors (Lipinski definition) is 0. The van der Waals surface area contributed by atoms with Gasteiger partial charge in [-0.05, 0) is 9.91 Å². The van der Waals surface area contributed by atoms with Gasteiger partial charge in [0.2, 0.25) is 6.33 Å². The summed E-state index contributed by atoms with van der Waals surface area (Å²) in [5, 5.41) is 10.3. The van der Waals surface area contributed by atoms with Crippen LogP contribution in [0.3, 0.4) is 0 Å². The zero-order valence-electron chi connectivity index (χ0n) is 5.82. The highest BCUT2D eigenvalue weighted by molar-refractivity contribution is 6.17. The Labute approximate surface area is 67.8 Å². The molecule has 0 atom stereocenters. The number of aryl methyl sites for hydroxylation is 1. The lowest BCUT2D eigenvalue weighted by Crippen LogP contribution is -1.96. The minimum Gasteiger partial charge on any atom is -0.358 e. The Bertz CT molecular complexity index is 283. The Morgan fingerprint density at radius 2 is 2.55 bits per heavy atom. The van der Waals surface area contributed by atoms with Gasteiger partial charge in [-0.1, -0.05) is 0 Å². The number of aromatic nitrogens is 2. The Morgan fingerprint density at radius 1 is 1.91 bits per heavy atom. The average molecular weight is 176 g/mol. The van der Waals surface area contributed by atoms with Gasteiger partial charge in [0.1, 0.15) is 5.69 Å². The predicted octanol–water partition coefficient (Wildman–Crippen LogP) is 1.07. The summed E-state index contributed by atoms with van der Waals surface area (Å²) in [6.07, 6.45) is 1.37. The second-order valence-corrected chi connectivity index (χ2v) is 2.28. The van der Waals surface area contributed by atoms with Crippen molar-refractivity contribution in [2.24, 2.45) is 7.05 Å². The summed E-state index contributed by atoms with van der Waals surface area (Å²) in [6, 6.07) is 0. The highest BCUT2D eigenvalue weighted by atomic mass is 35.5. The number of hydrogen-bond acceptors (Lipinski definition) is 3. The van der Waals surface area contributed by atoms with E-state index < -0.39 is 4.92 Å². The molecule has 11 heavy (non-hydrogen) atoms. The lowest BCUT2D eigenvalue weighted by Gasteiger charge is -1.94. The van der Waals surface area contributed by atoms with E-state index in [-0.39, 0.29) is 11.7 Å². The third-order valence-corrected chi connectivity index (χ3v) is 1.59. The summed E-state index contributed by atoms with van der Waals surface area (Å²) >= 11 is 5.46. The molecule has 0 fully saturated rings. The number of nitrogens with zero attached hydrogens (tertiary/aromatic N) is 3. The molecule has 0 spiro atoms. The van der Waals surface area contributed by atoms with Crippen LogP contribution in [0, 0.1) is 10.1 Å². The molecule has 60 valence electrons. The Morgan fingerprint density at radius 3 is 2.91 bits per heavy atom. The molecule has 5 nitrogen and oxygen atoms in total. The summed E-state index contributed by atoms with van der Waals surface area (Å²) in [6.45, 7) is 0. The normalized spacial score (nSPS) is 10.0. The van der Waals surface area contributed by atoms with Gasteiger partial charge >= 0.3 is 5.82 Å². The van der Waals surface area contributed by atoms with Crippen LogP contribution < -0.4 is 0 Å². The highest BCUT2D eigenvalue weighted by Gasteiger charge is 2.17. The van der Waals surface area contributed by atoms with Gasteiger partial charge in [0, 0.05) is 7.05 Å². The Balaban J connectivity index is 3.15. The summed E-state index contributed by atoms with van der Waals surface area (Å²) in [7, 11) is 1.66. The zero-order valence-corrected chi connectivity index (χ0v) is 6.58. The van der Waals surface area contributed by atoms with Gasteiger partial charge < -0.3 is 14.7 Å². The zero-order chi connectivity index (χ0) is 8.43. The standard InChI is InChI=1S/C5H6ClN3O2/c1-8-3-7-5(9(10)11)4(8)2-6/h3H,2H2,1H3. The second-order valence-electron chi connectivity index (χ2n) is 2.02. The monoisotopic (exact) mass is 175 g/mol. The molecule has 0 radical (unpaired) electrons. The first-order valence-corrected chi connectivity index (χ1v) is 3.40. The lowest BCUT2D eigenvalue weighted by molar-refractivity contribution is -0.390. The van der Waals surface area contributed by atoms with Crippen LogP contribution in [-0.4, -0.2) is 14.5 Å². The number of halogens is 1. The molecule has 0 aliphatic rings. The van der Waals surface area contributed by atoms with Crippen LogP contribution >= 0.6 is 11.6 Å². The van der Waals surface area contributed by atoms with E-state index in [1.807, 2.05) is 0 Å². The fraction of sp³-hybridized carbons (Fsp3) is 0.400. The van der Waals surface area contributed by atoms with Crippen LogP contribution in [-0.2, 0) is 12.9 Å². The highest BCUT2D eigenvalue weighted by Crippen LogP contribution is 2.16. The van der Waals surface area contributed by atoms with Gasteiger partial charge in [-0.25, -0.2) is 0 Å². The van der Waals surface area contributed by atoms with Crippen molar-refractivity contribution in [1.29, 1.82) is 0 Å². The predicted molar refractivity (Wildman–Crippen MR) is 39.4 cm³/mol. The van der Waals surface area contributed by atoms with Crippen molar-refractivity contribution in [3.05, 3.63) is 22.1 Å². The quantitative estimate of drug-likeness (QED) is 0.384. The van der Waals surface area contributed by atoms with Gasteiger partial charge in [0.15, 0.2) is 0 Å². The molecule has 0 aliphatic heterocycles. The number of nitro groups is 1. The van der Waals surface area contributed by atoms with Crippen molar-refractivity contribution < 1.29 is 4.92 Å². The second kappa shape index (κ2) is 2.87. The van der Waals surface area contributed by atoms with Crippen molar-refractivity contribution >= 4 is 17.4 Å². The van der Waals surface area contributed by atoms with Crippen molar-refractivity contribution in [2.45, 2.75) is 5.88 Å². The summed E-state index contributed by atoms with van der Waals surface area (Å²) < 4.78 is 1.53. The maximum absolute atomic E-state index is 10.3. The smallest absolute Gasteiger partial charge is 0.358 e. The molecule has 6 heteroatoms. The van der Waals surface area contributed by atoms with Crippen LogP contribution in [0.2, 0.25) is 0 Å². The third-order valence-electron chi connectivity index (χ3n) is 1.34. The van der Waals surface area contributed by atoms with Crippen LogP contribution in [0.25, 0.3) is 0 Å². The van der Waals surface area contributed by atoms with Gasteiger partial charge in [0.05, 0.1) is 5.88 Å². The van der Waals surface area contributed by atoms with Gasteiger partial charge in [-0.2, -0.15) is 0 Å². The van der Waals surface area contributed by atoms with Crippen molar-refractivity contribution in [1.82, 2.24) is 9.55 Å². The molecule has 0 aromatic carbocycles. The fourth-order valence-electron chi connectivity index (χ4n) is 0.750. The molecular weight excluding hydrogens is 170 g/mol. The van der Waals surface area contributed by atoms with Crippen LogP contribution in [0.1, 0.15) is 5.69 Å². The Hall–Kier alpha value is -1.10. The van der Waals surface area contributed by atoms with E-state index in [1.165, 1.54) is 10.9 Å². The summed E-state index contributed by atoms with van der Waals surface area (Å²) in [5.74, 6) is -0.0604. The minimum absolute atomic E-state index is 0.104. The fourth-order valence-corrected chi connectivity index (χ4v) is 1.06. The van der Waals surface area contributed by atoms with Gasteiger partial charge in [0.25, 0.3) is 0 Å². The SMILES string of the molecule is Cn1cnc([N+](=O)[O-])c1CCl. The molecule has 1 aromatic heterocycles. The van der Waals surface area contributed by atoms with E-state index in [4.69, 9.17) is 11.6 Å². The molecule has 0 amide bonds. The van der Waals surface area contributed by atoms with Gasteiger partial charge in [-0.3, -0.25) is 0 Å². The lowest BCUT2D eigenvalue weighted by atomic mass is 10.5. The summed E-state index contributed by atoms with van der Waals surface area (Å²) in [4.78, 5) is 13.3. The molecule has 0 unspecified atom stereocenters. The van der Waals surface area contributed by atoms with Crippen LogP contribution in [0.15, 0.2) is 6.33 Å². The first-order valence-electron chi connectivity index (χ1n) is 2.87.